The van der Waals surface area contributed by atoms with Gasteiger partial charge in [0.2, 0.25) is 11.8 Å². The summed E-state index contributed by atoms with van der Waals surface area (Å²) in [6, 6.07) is 4.39. The van der Waals surface area contributed by atoms with Crippen molar-refractivity contribution >= 4 is 17.6 Å². The van der Waals surface area contributed by atoms with E-state index >= 15 is 0 Å². The fraction of sp³-hybridized carbons (Fsp3) is 0.467. The monoisotopic (exact) mass is 297 g/mol. The van der Waals surface area contributed by atoms with Crippen molar-refractivity contribution in [2.75, 3.05) is 5.32 Å². The minimum absolute atomic E-state index is 0.141. The number of carbonyl (C=O) groups is 2. The van der Waals surface area contributed by atoms with Gasteiger partial charge >= 0.3 is 5.97 Å². The highest BCUT2D eigenvalue weighted by atomic mass is 19.3. The standard InChI is InChI=1S/C15H17F2NO3/c1-9-8-11(14(20)21)2-3-12(9)18-13(19)10-4-6-15(16,17)7-5-10/h2-3,8,10H,4-7H2,1H3,(H,18,19)(H,20,21). The van der Waals surface area contributed by atoms with Gasteiger partial charge in [-0.15, -0.1) is 0 Å². The SMILES string of the molecule is Cc1cc(C(=O)O)ccc1NC(=O)C1CCC(F)(F)CC1. The summed E-state index contributed by atoms with van der Waals surface area (Å²) in [5.41, 5.74) is 1.29. The van der Waals surface area contributed by atoms with Crippen molar-refractivity contribution in [1.82, 2.24) is 0 Å². The van der Waals surface area contributed by atoms with Gasteiger partial charge in [0.25, 0.3) is 0 Å². The summed E-state index contributed by atoms with van der Waals surface area (Å²) in [6.07, 6.45) is -0.180. The number of anilines is 1. The van der Waals surface area contributed by atoms with Crippen molar-refractivity contribution in [3.05, 3.63) is 29.3 Å². The molecule has 0 unspecified atom stereocenters. The molecule has 1 aliphatic carbocycles. The van der Waals surface area contributed by atoms with Crippen LogP contribution in [0.2, 0.25) is 0 Å². The third-order valence-corrected chi connectivity index (χ3v) is 3.82. The number of benzene rings is 1. The molecule has 1 aliphatic rings. The quantitative estimate of drug-likeness (QED) is 0.898. The molecule has 0 bridgehead atoms. The van der Waals surface area contributed by atoms with Gasteiger partial charge in [-0.25, -0.2) is 13.6 Å². The van der Waals surface area contributed by atoms with Crippen LogP contribution in [0.5, 0.6) is 0 Å². The Morgan fingerprint density at radius 3 is 2.43 bits per heavy atom. The highest BCUT2D eigenvalue weighted by Gasteiger charge is 2.37. The topological polar surface area (TPSA) is 66.4 Å². The Kier molecular flexibility index (Phi) is 4.25. The third kappa shape index (κ3) is 3.77. The molecule has 0 heterocycles. The summed E-state index contributed by atoms with van der Waals surface area (Å²) in [5.74, 6) is -4.39. The van der Waals surface area contributed by atoms with Crippen molar-refractivity contribution < 1.29 is 23.5 Å². The van der Waals surface area contributed by atoms with Crippen molar-refractivity contribution in [2.24, 2.45) is 5.92 Å². The maximum Gasteiger partial charge on any atom is 0.335 e. The average molecular weight is 297 g/mol. The summed E-state index contributed by atoms with van der Waals surface area (Å²) >= 11 is 0. The summed E-state index contributed by atoms with van der Waals surface area (Å²) in [7, 11) is 0. The number of rotatable bonds is 3. The summed E-state index contributed by atoms with van der Waals surface area (Å²) in [4.78, 5) is 22.9. The van der Waals surface area contributed by atoms with Crippen molar-refractivity contribution in [3.8, 4) is 0 Å². The number of carbonyl (C=O) groups excluding carboxylic acids is 1. The van der Waals surface area contributed by atoms with Crippen LogP contribution in [-0.2, 0) is 4.79 Å². The van der Waals surface area contributed by atoms with Crippen LogP contribution >= 0.6 is 0 Å². The minimum atomic E-state index is -2.66. The lowest BCUT2D eigenvalue weighted by Crippen LogP contribution is -2.32. The molecule has 114 valence electrons. The second-order valence-electron chi connectivity index (χ2n) is 5.45. The van der Waals surface area contributed by atoms with Crippen LogP contribution in [0.25, 0.3) is 0 Å². The van der Waals surface area contributed by atoms with Crippen LogP contribution in [0.1, 0.15) is 41.6 Å². The zero-order valence-corrected chi connectivity index (χ0v) is 11.7. The van der Waals surface area contributed by atoms with E-state index in [1.54, 1.807) is 6.92 Å². The molecule has 1 aromatic carbocycles. The Balaban J connectivity index is 2.02. The number of hydrogen-bond donors (Lipinski definition) is 2. The van der Waals surface area contributed by atoms with Gasteiger partial charge in [-0.2, -0.15) is 0 Å². The molecule has 6 heteroatoms. The van der Waals surface area contributed by atoms with E-state index in [0.29, 0.717) is 11.3 Å². The Bertz CT molecular complexity index is 562. The van der Waals surface area contributed by atoms with Gasteiger partial charge in [0.05, 0.1) is 5.56 Å². The molecule has 0 atom stereocenters. The first kappa shape index (κ1) is 15.4. The Hall–Kier alpha value is -1.98. The van der Waals surface area contributed by atoms with Crippen LogP contribution in [0.15, 0.2) is 18.2 Å². The molecule has 1 amide bonds. The number of hydrogen-bond acceptors (Lipinski definition) is 2. The first-order valence-electron chi connectivity index (χ1n) is 6.81. The molecule has 1 saturated carbocycles. The fourth-order valence-corrected chi connectivity index (χ4v) is 2.47. The first-order valence-corrected chi connectivity index (χ1v) is 6.81. The van der Waals surface area contributed by atoms with Crippen LogP contribution in [0, 0.1) is 12.8 Å². The summed E-state index contributed by atoms with van der Waals surface area (Å²) in [6.45, 7) is 1.69. The molecular formula is C15H17F2NO3. The third-order valence-electron chi connectivity index (χ3n) is 3.82. The van der Waals surface area contributed by atoms with E-state index in [4.69, 9.17) is 5.11 Å². The van der Waals surface area contributed by atoms with Gasteiger partial charge in [-0.05, 0) is 43.5 Å². The first-order chi connectivity index (χ1) is 9.78. The largest absolute Gasteiger partial charge is 0.478 e. The Morgan fingerprint density at radius 1 is 1.29 bits per heavy atom. The molecule has 21 heavy (non-hydrogen) atoms. The van der Waals surface area contributed by atoms with Crippen LogP contribution < -0.4 is 5.32 Å². The number of alkyl halides is 2. The van der Waals surface area contributed by atoms with E-state index in [1.807, 2.05) is 0 Å². The van der Waals surface area contributed by atoms with Crippen LogP contribution in [0.4, 0.5) is 14.5 Å². The van der Waals surface area contributed by atoms with Crippen molar-refractivity contribution in [1.29, 1.82) is 0 Å². The number of carboxylic acids is 1. The molecule has 0 aliphatic heterocycles. The smallest absolute Gasteiger partial charge is 0.335 e. The summed E-state index contributed by atoms with van der Waals surface area (Å²) < 4.78 is 26.1. The zero-order chi connectivity index (χ0) is 15.6. The van der Waals surface area contributed by atoms with Gasteiger partial charge in [0, 0.05) is 24.4 Å². The Morgan fingerprint density at radius 2 is 1.90 bits per heavy atom. The molecule has 0 saturated heterocycles. The molecule has 2 rings (SSSR count). The van der Waals surface area contributed by atoms with E-state index in [-0.39, 0.29) is 37.2 Å². The van der Waals surface area contributed by atoms with E-state index < -0.39 is 17.8 Å². The molecule has 0 spiro atoms. The van der Waals surface area contributed by atoms with Crippen LogP contribution in [-0.4, -0.2) is 22.9 Å². The number of aromatic carboxylic acids is 1. The number of aryl methyl sites for hydroxylation is 1. The molecule has 1 aromatic rings. The maximum atomic E-state index is 13.1. The van der Waals surface area contributed by atoms with E-state index in [9.17, 15) is 18.4 Å². The van der Waals surface area contributed by atoms with Crippen LogP contribution in [0.3, 0.4) is 0 Å². The lowest BCUT2D eigenvalue weighted by atomic mass is 9.86. The van der Waals surface area contributed by atoms with Gasteiger partial charge in [-0.1, -0.05) is 0 Å². The van der Waals surface area contributed by atoms with Gasteiger partial charge < -0.3 is 10.4 Å². The second kappa shape index (κ2) is 5.79. The highest BCUT2D eigenvalue weighted by Crippen LogP contribution is 2.36. The maximum absolute atomic E-state index is 13.1. The zero-order valence-electron chi connectivity index (χ0n) is 11.7. The lowest BCUT2D eigenvalue weighted by molar-refractivity contribution is -0.124. The van der Waals surface area contributed by atoms with Gasteiger partial charge in [-0.3, -0.25) is 4.79 Å². The predicted octanol–water partition coefficient (Wildman–Crippen LogP) is 3.46. The number of halogens is 2. The molecule has 0 radical (unpaired) electrons. The molecule has 4 nitrogen and oxygen atoms in total. The van der Waals surface area contributed by atoms with Crippen molar-refractivity contribution in [3.63, 3.8) is 0 Å². The predicted molar refractivity (Wildman–Crippen MR) is 73.7 cm³/mol. The summed E-state index contributed by atoms with van der Waals surface area (Å²) in [5, 5.41) is 11.6. The number of carboxylic acid groups (broad SMARTS) is 1. The number of nitrogens with one attached hydrogen (secondary N) is 1. The molecular weight excluding hydrogens is 280 g/mol. The lowest BCUT2D eigenvalue weighted by Gasteiger charge is -2.27. The van der Waals surface area contributed by atoms with Gasteiger partial charge in [0.1, 0.15) is 0 Å². The Labute approximate surface area is 121 Å². The second-order valence-corrected chi connectivity index (χ2v) is 5.45. The van der Waals surface area contributed by atoms with E-state index in [0.717, 1.165) is 0 Å². The fourth-order valence-electron chi connectivity index (χ4n) is 2.47. The molecule has 2 N–H and O–H groups in total. The minimum Gasteiger partial charge on any atom is -0.478 e. The highest BCUT2D eigenvalue weighted by molar-refractivity contribution is 5.94. The van der Waals surface area contributed by atoms with E-state index in [2.05, 4.69) is 5.32 Å². The average Bonchev–Trinajstić information content (AvgIpc) is 2.40. The molecule has 0 aromatic heterocycles. The van der Waals surface area contributed by atoms with Gasteiger partial charge in [0.15, 0.2) is 0 Å². The molecule has 1 fully saturated rings. The normalized spacial score (nSPS) is 18.2. The van der Waals surface area contributed by atoms with E-state index in [1.165, 1.54) is 18.2 Å². The van der Waals surface area contributed by atoms with Crippen molar-refractivity contribution in [2.45, 2.75) is 38.5 Å². The number of amides is 1.